The Morgan fingerprint density at radius 3 is 0.897 bits per heavy atom. The zero-order chi connectivity index (χ0) is 42.6. The second kappa shape index (κ2) is 44.9. The van der Waals surface area contributed by atoms with E-state index in [1.165, 1.54) is 173 Å². The molecule has 0 fully saturated rings. The van der Waals surface area contributed by atoms with Crippen LogP contribution in [0.4, 0.5) is 0 Å². The molecule has 0 saturated heterocycles. The van der Waals surface area contributed by atoms with Gasteiger partial charge in [0.25, 0.3) is 0 Å². The van der Waals surface area contributed by atoms with Crippen LogP contribution in [0.2, 0.25) is 0 Å². The van der Waals surface area contributed by atoms with Crippen molar-refractivity contribution in [2.75, 3.05) is 13.2 Å². The van der Waals surface area contributed by atoms with Gasteiger partial charge < -0.3 is 14.2 Å². The van der Waals surface area contributed by atoms with Crippen molar-refractivity contribution in [2.24, 2.45) is 11.8 Å². The Hall–Kier alpha value is -1.59. The van der Waals surface area contributed by atoms with Gasteiger partial charge in [0, 0.05) is 19.3 Å². The van der Waals surface area contributed by atoms with Gasteiger partial charge in [-0.05, 0) is 31.1 Å². The molecular weight excluding hydrogens is 721 g/mol. The summed E-state index contributed by atoms with van der Waals surface area (Å²) in [6.07, 6.45) is 45.1. The number of esters is 3. The van der Waals surface area contributed by atoms with Gasteiger partial charge in [-0.2, -0.15) is 0 Å². The first-order chi connectivity index (χ1) is 28.3. The van der Waals surface area contributed by atoms with Gasteiger partial charge in [0.15, 0.2) is 6.10 Å². The molecular formula is C52H100O6. The zero-order valence-electron chi connectivity index (χ0n) is 39.7. The highest BCUT2D eigenvalue weighted by molar-refractivity contribution is 5.71. The van der Waals surface area contributed by atoms with Crippen LogP contribution in [-0.2, 0) is 28.6 Å². The van der Waals surface area contributed by atoms with E-state index in [2.05, 4.69) is 34.6 Å². The van der Waals surface area contributed by atoms with Gasteiger partial charge in [-0.25, -0.2) is 0 Å². The number of carbonyl (C=O) groups is 3. The number of unbranched alkanes of at least 4 members (excludes halogenated alkanes) is 29. The van der Waals surface area contributed by atoms with Gasteiger partial charge in [0.05, 0.1) is 0 Å². The third-order valence-electron chi connectivity index (χ3n) is 12.4. The van der Waals surface area contributed by atoms with Crippen molar-refractivity contribution in [3.8, 4) is 0 Å². The minimum atomic E-state index is -0.762. The molecule has 58 heavy (non-hydrogen) atoms. The number of carbonyl (C=O) groups excluding carboxylic acids is 3. The van der Waals surface area contributed by atoms with E-state index in [1.54, 1.807) is 0 Å². The predicted octanol–water partition coefficient (Wildman–Crippen LogP) is 16.5. The molecule has 0 aromatic heterocycles. The average Bonchev–Trinajstić information content (AvgIpc) is 3.22. The molecule has 0 aliphatic heterocycles. The normalized spacial score (nSPS) is 13.0. The molecule has 0 saturated carbocycles. The fourth-order valence-electron chi connectivity index (χ4n) is 7.75. The van der Waals surface area contributed by atoms with Crippen LogP contribution in [0.5, 0.6) is 0 Å². The summed E-state index contributed by atoms with van der Waals surface area (Å²) in [5, 5.41) is 0. The molecule has 344 valence electrons. The summed E-state index contributed by atoms with van der Waals surface area (Å²) in [6.45, 7) is 11.4. The van der Waals surface area contributed by atoms with E-state index in [0.717, 1.165) is 69.6 Å². The van der Waals surface area contributed by atoms with E-state index in [-0.39, 0.29) is 31.1 Å². The molecule has 0 rings (SSSR count). The quantitative estimate of drug-likeness (QED) is 0.0346. The molecule has 6 nitrogen and oxygen atoms in total. The summed E-state index contributed by atoms with van der Waals surface area (Å²) in [4.78, 5) is 37.9. The number of hydrogen-bond acceptors (Lipinski definition) is 6. The van der Waals surface area contributed by atoms with Crippen molar-refractivity contribution in [3.05, 3.63) is 0 Å². The first-order valence-electron chi connectivity index (χ1n) is 25.8. The minimum absolute atomic E-state index is 0.0646. The van der Waals surface area contributed by atoms with E-state index in [4.69, 9.17) is 14.2 Å². The standard InChI is InChI=1S/C52H100O6/c1-6-9-10-11-12-13-14-20-23-26-32-37-42-50(53)56-45-49(58-52(55)44-39-34-29-28-31-36-41-48(5)8-3)46-57-51(54)43-38-33-27-24-21-18-16-15-17-19-22-25-30-35-40-47(4)7-2/h47-49H,6-46H2,1-5H3/t47?,48?,49-/m1/s1. The van der Waals surface area contributed by atoms with Crippen molar-refractivity contribution < 1.29 is 28.6 Å². The highest BCUT2D eigenvalue weighted by Crippen LogP contribution is 2.18. The van der Waals surface area contributed by atoms with Crippen molar-refractivity contribution in [3.63, 3.8) is 0 Å². The number of hydrogen-bond donors (Lipinski definition) is 0. The highest BCUT2D eigenvalue weighted by Gasteiger charge is 2.19. The topological polar surface area (TPSA) is 78.9 Å². The minimum Gasteiger partial charge on any atom is -0.462 e. The molecule has 2 unspecified atom stereocenters. The Labute approximate surface area is 361 Å². The summed E-state index contributed by atoms with van der Waals surface area (Å²) >= 11 is 0. The van der Waals surface area contributed by atoms with E-state index < -0.39 is 6.10 Å². The van der Waals surface area contributed by atoms with Crippen LogP contribution in [0.15, 0.2) is 0 Å². The maximum Gasteiger partial charge on any atom is 0.306 e. The maximum absolute atomic E-state index is 12.7. The van der Waals surface area contributed by atoms with Crippen LogP contribution < -0.4 is 0 Å². The van der Waals surface area contributed by atoms with Crippen LogP contribution in [0, 0.1) is 11.8 Å². The van der Waals surface area contributed by atoms with Gasteiger partial charge in [-0.15, -0.1) is 0 Å². The van der Waals surface area contributed by atoms with Gasteiger partial charge in [-0.1, -0.05) is 247 Å². The Kier molecular flexibility index (Phi) is 43.7. The van der Waals surface area contributed by atoms with Crippen molar-refractivity contribution in [2.45, 2.75) is 291 Å². The molecule has 0 spiro atoms. The molecule has 0 N–H and O–H groups in total. The SMILES string of the molecule is CCCCCCCCCCCCCCC(=O)OC[C@H](COC(=O)CCCCCCCCCCCCCCCCC(C)CC)OC(=O)CCCCCCCCC(C)CC. The van der Waals surface area contributed by atoms with Crippen LogP contribution in [0.1, 0.15) is 285 Å². The molecule has 3 atom stereocenters. The number of rotatable bonds is 46. The molecule has 0 bridgehead atoms. The number of ether oxygens (including phenoxy) is 3. The summed E-state index contributed by atoms with van der Waals surface area (Å²) in [5.41, 5.74) is 0. The Morgan fingerprint density at radius 1 is 0.345 bits per heavy atom. The van der Waals surface area contributed by atoms with Crippen LogP contribution in [0.3, 0.4) is 0 Å². The molecule has 0 aliphatic carbocycles. The van der Waals surface area contributed by atoms with E-state index in [1.807, 2.05) is 0 Å². The summed E-state index contributed by atoms with van der Waals surface area (Å²) in [6, 6.07) is 0. The monoisotopic (exact) mass is 821 g/mol. The lowest BCUT2D eigenvalue weighted by Gasteiger charge is -2.18. The second-order valence-corrected chi connectivity index (χ2v) is 18.3. The van der Waals surface area contributed by atoms with E-state index in [0.29, 0.717) is 19.3 Å². The largest absolute Gasteiger partial charge is 0.462 e. The first kappa shape index (κ1) is 56.4. The Morgan fingerprint density at radius 2 is 0.603 bits per heavy atom. The molecule has 0 amide bonds. The molecule has 0 heterocycles. The lowest BCUT2D eigenvalue weighted by atomic mass is 9.99. The van der Waals surface area contributed by atoms with Gasteiger partial charge in [0.1, 0.15) is 13.2 Å². The molecule has 6 heteroatoms. The van der Waals surface area contributed by atoms with Gasteiger partial charge in [0.2, 0.25) is 0 Å². The fraction of sp³-hybridized carbons (Fsp3) is 0.942. The van der Waals surface area contributed by atoms with E-state index in [9.17, 15) is 14.4 Å². The van der Waals surface area contributed by atoms with Gasteiger partial charge in [-0.3, -0.25) is 14.4 Å². The highest BCUT2D eigenvalue weighted by atomic mass is 16.6. The van der Waals surface area contributed by atoms with Gasteiger partial charge >= 0.3 is 17.9 Å². The Balaban J connectivity index is 4.26. The molecule has 0 aliphatic rings. The molecule has 0 radical (unpaired) electrons. The van der Waals surface area contributed by atoms with Crippen molar-refractivity contribution in [1.29, 1.82) is 0 Å². The lowest BCUT2D eigenvalue weighted by Crippen LogP contribution is -2.30. The molecule has 0 aromatic carbocycles. The average molecular weight is 821 g/mol. The summed E-state index contributed by atoms with van der Waals surface area (Å²) in [5.74, 6) is 0.853. The second-order valence-electron chi connectivity index (χ2n) is 18.3. The fourth-order valence-corrected chi connectivity index (χ4v) is 7.75. The van der Waals surface area contributed by atoms with Crippen LogP contribution in [-0.4, -0.2) is 37.2 Å². The summed E-state index contributed by atoms with van der Waals surface area (Å²) < 4.78 is 16.8. The van der Waals surface area contributed by atoms with Crippen molar-refractivity contribution in [1.82, 2.24) is 0 Å². The first-order valence-corrected chi connectivity index (χ1v) is 25.8. The maximum atomic E-state index is 12.7. The van der Waals surface area contributed by atoms with E-state index >= 15 is 0 Å². The van der Waals surface area contributed by atoms with Crippen LogP contribution >= 0.6 is 0 Å². The third-order valence-corrected chi connectivity index (χ3v) is 12.4. The third kappa shape index (κ3) is 42.5. The molecule has 0 aromatic rings. The predicted molar refractivity (Wildman–Crippen MR) is 247 cm³/mol. The summed E-state index contributed by atoms with van der Waals surface area (Å²) in [7, 11) is 0. The Bertz CT molecular complexity index is 889. The lowest BCUT2D eigenvalue weighted by molar-refractivity contribution is -0.167. The smallest absolute Gasteiger partial charge is 0.306 e. The van der Waals surface area contributed by atoms with Crippen LogP contribution in [0.25, 0.3) is 0 Å². The zero-order valence-corrected chi connectivity index (χ0v) is 39.7. The van der Waals surface area contributed by atoms with Crippen molar-refractivity contribution >= 4 is 17.9 Å².